The molecule has 1 aliphatic carbocycles. The van der Waals surface area contributed by atoms with Gasteiger partial charge in [-0.3, -0.25) is 24.0 Å². The molecule has 0 saturated carbocycles. The molecule has 3 rings (SSSR count). The number of fused-ring (bicyclic) bond motifs is 1. The van der Waals surface area contributed by atoms with Gasteiger partial charge in [0, 0.05) is 7.05 Å². The van der Waals surface area contributed by atoms with Gasteiger partial charge in [-0.1, -0.05) is 12.2 Å². The van der Waals surface area contributed by atoms with Crippen molar-refractivity contribution in [2.75, 3.05) is 5.32 Å². The topological polar surface area (TPSA) is 111 Å². The summed E-state index contributed by atoms with van der Waals surface area (Å²) in [7, 11) is 1.76. The van der Waals surface area contributed by atoms with Gasteiger partial charge in [0.25, 0.3) is 5.91 Å². The highest BCUT2D eigenvalue weighted by Gasteiger charge is 2.50. The van der Waals surface area contributed by atoms with Gasteiger partial charge in [0.1, 0.15) is 6.04 Å². The average Bonchev–Trinajstić information content (AvgIpc) is 3.08. The Balaban J connectivity index is 1.64. The minimum absolute atomic E-state index is 0.354. The van der Waals surface area contributed by atoms with E-state index in [1.807, 2.05) is 19.1 Å². The number of likely N-dealkylation sites (tertiary alicyclic amines) is 1. The Kier molecular flexibility index (Phi) is 5.59. The van der Waals surface area contributed by atoms with Crippen molar-refractivity contribution in [1.29, 1.82) is 0 Å². The Morgan fingerprint density at radius 3 is 2.17 bits per heavy atom. The van der Waals surface area contributed by atoms with E-state index in [1.165, 1.54) is 13.8 Å². The maximum absolute atomic E-state index is 12.6. The van der Waals surface area contributed by atoms with Gasteiger partial charge in [0.15, 0.2) is 6.10 Å². The van der Waals surface area contributed by atoms with E-state index in [9.17, 15) is 19.2 Å². The van der Waals surface area contributed by atoms with Crippen LogP contribution in [0.15, 0.2) is 12.2 Å². The van der Waals surface area contributed by atoms with E-state index in [-0.39, 0.29) is 11.8 Å². The lowest BCUT2D eigenvalue weighted by atomic mass is 9.85. The van der Waals surface area contributed by atoms with Crippen LogP contribution in [0.5, 0.6) is 0 Å². The van der Waals surface area contributed by atoms with E-state index in [1.54, 1.807) is 18.7 Å². The van der Waals surface area contributed by atoms with Crippen molar-refractivity contribution in [3.8, 4) is 0 Å². The molecule has 29 heavy (non-hydrogen) atoms. The van der Waals surface area contributed by atoms with E-state index >= 15 is 0 Å². The van der Waals surface area contributed by atoms with Crippen LogP contribution in [-0.2, 0) is 31.0 Å². The van der Waals surface area contributed by atoms with Crippen molar-refractivity contribution in [2.24, 2.45) is 18.9 Å². The number of amides is 3. The van der Waals surface area contributed by atoms with Crippen molar-refractivity contribution in [1.82, 2.24) is 14.7 Å². The smallest absolute Gasteiger partial charge is 0.329 e. The molecule has 1 N–H and O–H groups in total. The van der Waals surface area contributed by atoms with Gasteiger partial charge in [0.2, 0.25) is 11.8 Å². The number of aromatic nitrogens is 2. The highest BCUT2D eigenvalue weighted by Crippen LogP contribution is 2.36. The number of imide groups is 1. The van der Waals surface area contributed by atoms with Crippen LogP contribution in [0.4, 0.5) is 5.69 Å². The minimum atomic E-state index is -1.10. The van der Waals surface area contributed by atoms with Gasteiger partial charge in [-0.2, -0.15) is 5.10 Å². The third-order valence-corrected chi connectivity index (χ3v) is 5.69. The van der Waals surface area contributed by atoms with Gasteiger partial charge in [-0.25, -0.2) is 4.79 Å². The Morgan fingerprint density at radius 1 is 1.14 bits per heavy atom. The molecular weight excluding hydrogens is 376 g/mol. The number of carbonyl (C=O) groups excluding carboxylic acids is 4. The number of hydrogen-bond acceptors (Lipinski definition) is 6. The summed E-state index contributed by atoms with van der Waals surface area (Å²) in [6, 6.07) is -1.09. The van der Waals surface area contributed by atoms with Crippen LogP contribution in [-0.4, -0.2) is 50.5 Å². The van der Waals surface area contributed by atoms with Gasteiger partial charge >= 0.3 is 5.97 Å². The van der Waals surface area contributed by atoms with Crippen molar-refractivity contribution < 1.29 is 23.9 Å². The normalized spacial score (nSPS) is 23.0. The summed E-state index contributed by atoms with van der Waals surface area (Å²) < 4.78 is 6.90. The Labute approximate surface area is 169 Å². The summed E-state index contributed by atoms with van der Waals surface area (Å²) in [5.74, 6) is -2.85. The molecule has 9 heteroatoms. The number of carbonyl (C=O) groups is 4. The fourth-order valence-corrected chi connectivity index (χ4v) is 3.82. The fourth-order valence-electron chi connectivity index (χ4n) is 3.82. The number of rotatable bonds is 5. The zero-order valence-electron chi connectivity index (χ0n) is 17.3. The fraction of sp³-hybridized carbons (Fsp3) is 0.550. The number of hydrogen-bond donors (Lipinski definition) is 1. The first kappa shape index (κ1) is 20.8. The summed E-state index contributed by atoms with van der Waals surface area (Å²) in [6.45, 7) is 6.47. The number of aryl methyl sites for hydroxylation is 2. The maximum atomic E-state index is 12.6. The van der Waals surface area contributed by atoms with E-state index < -0.39 is 35.9 Å². The molecule has 1 aromatic heterocycles. The summed E-state index contributed by atoms with van der Waals surface area (Å²) in [5.41, 5.74) is 1.98. The first-order valence-corrected chi connectivity index (χ1v) is 9.67. The minimum Gasteiger partial charge on any atom is -0.451 e. The first-order chi connectivity index (χ1) is 13.6. The predicted molar refractivity (Wildman–Crippen MR) is 104 cm³/mol. The average molecular weight is 402 g/mol. The lowest BCUT2D eigenvalue weighted by Gasteiger charge is -2.23. The molecule has 0 unspecified atom stereocenters. The van der Waals surface area contributed by atoms with Crippen LogP contribution < -0.4 is 5.32 Å². The molecule has 1 saturated heterocycles. The van der Waals surface area contributed by atoms with Crippen LogP contribution in [0.25, 0.3) is 0 Å². The highest BCUT2D eigenvalue weighted by molar-refractivity contribution is 6.08. The molecular formula is C20H26N4O5. The molecule has 4 atom stereocenters. The number of nitrogens with zero attached hydrogens (tertiary/aromatic N) is 3. The second kappa shape index (κ2) is 7.81. The lowest BCUT2D eigenvalue weighted by molar-refractivity contribution is -0.163. The number of anilines is 1. The van der Waals surface area contributed by atoms with E-state index in [0.717, 1.165) is 10.6 Å². The summed E-state index contributed by atoms with van der Waals surface area (Å²) in [6.07, 6.45) is 3.66. The van der Waals surface area contributed by atoms with Gasteiger partial charge in [-0.05, 0) is 40.5 Å². The van der Waals surface area contributed by atoms with Crippen molar-refractivity contribution in [3.05, 3.63) is 23.5 Å². The van der Waals surface area contributed by atoms with Crippen LogP contribution in [0, 0.1) is 25.7 Å². The molecule has 0 bridgehead atoms. The van der Waals surface area contributed by atoms with E-state index in [4.69, 9.17) is 4.74 Å². The molecule has 1 aliphatic heterocycles. The van der Waals surface area contributed by atoms with E-state index in [2.05, 4.69) is 10.4 Å². The third kappa shape index (κ3) is 3.68. The third-order valence-electron chi connectivity index (χ3n) is 5.69. The quantitative estimate of drug-likeness (QED) is 0.451. The molecule has 1 fully saturated rings. The van der Waals surface area contributed by atoms with Gasteiger partial charge in [-0.15, -0.1) is 0 Å². The highest BCUT2D eigenvalue weighted by atomic mass is 16.5. The molecule has 2 aliphatic rings. The molecule has 3 amide bonds. The zero-order chi connectivity index (χ0) is 21.5. The number of nitrogens with one attached hydrogen (secondary N) is 1. The molecule has 1 aromatic rings. The molecule has 0 spiro atoms. The number of allylic oxidation sites excluding steroid dienone is 2. The van der Waals surface area contributed by atoms with Crippen molar-refractivity contribution >= 4 is 29.4 Å². The van der Waals surface area contributed by atoms with Crippen LogP contribution >= 0.6 is 0 Å². The van der Waals surface area contributed by atoms with Gasteiger partial charge in [0.05, 0.1) is 28.9 Å². The lowest BCUT2D eigenvalue weighted by Crippen LogP contribution is -2.46. The maximum Gasteiger partial charge on any atom is 0.329 e. The summed E-state index contributed by atoms with van der Waals surface area (Å²) >= 11 is 0. The molecule has 0 radical (unpaired) electrons. The molecule has 2 heterocycles. The Morgan fingerprint density at radius 2 is 1.69 bits per heavy atom. The monoisotopic (exact) mass is 402 g/mol. The zero-order valence-corrected chi connectivity index (χ0v) is 17.3. The Bertz CT molecular complexity index is 877. The van der Waals surface area contributed by atoms with Crippen LogP contribution in [0.1, 0.15) is 38.1 Å². The molecule has 0 aromatic carbocycles. The second-order valence-electron chi connectivity index (χ2n) is 7.62. The Hall–Kier alpha value is -2.97. The van der Waals surface area contributed by atoms with Crippen molar-refractivity contribution in [3.63, 3.8) is 0 Å². The summed E-state index contributed by atoms with van der Waals surface area (Å²) in [4.78, 5) is 51.2. The van der Waals surface area contributed by atoms with Gasteiger partial charge < -0.3 is 10.1 Å². The van der Waals surface area contributed by atoms with Crippen LogP contribution in [0.2, 0.25) is 0 Å². The predicted octanol–water partition coefficient (Wildman–Crippen LogP) is 1.25. The SMILES string of the molecule is Cc1nn(C)c(C)c1NC(=O)[C@@H](C)OC(=O)[C@H](C)N1C(=O)[C@H]2CC=CC[C@H]2C1=O. The molecule has 156 valence electrons. The molecule has 9 nitrogen and oxygen atoms in total. The first-order valence-electron chi connectivity index (χ1n) is 9.67. The number of esters is 1. The van der Waals surface area contributed by atoms with Crippen LogP contribution in [0.3, 0.4) is 0 Å². The largest absolute Gasteiger partial charge is 0.451 e. The van der Waals surface area contributed by atoms with Crippen molar-refractivity contribution in [2.45, 2.75) is 52.7 Å². The summed E-state index contributed by atoms with van der Waals surface area (Å²) in [5, 5.41) is 6.94. The van der Waals surface area contributed by atoms with E-state index in [0.29, 0.717) is 24.2 Å². The second-order valence-corrected chi connectivity index (χ2v) is 7.62. The standard InChI is InChI=1S/C20H26N4O5/c1-10-16(11(2)23(5)22-10)21-17(25)13(4)29-20(28)12(3)24-18(26)14-8-6-7-9-15(14)19(24)27/h6-7,12-15H,8-9H2,1-5H3,(H,21,25)/t12-,13+,14-,15+/m0/s1. The number of ether oxygens (including phenoxy) is 1.